The van der Waals surface area contributed by atoms with Gasteiger partial charge >= 0.3 is 5.97 Å². The first-order valence-electron chi connectivity index (χ1n) is 4.70. The van der Waals surface area contributed by atoms with E-state index in [1.165, 1.54) is 6.92 Å². The number of nitrogens with one attached hydrogen (secondary N) is 1. The topological polar surface area (TPSA) is 92.4 Å². The zero-order valence-corrected chi connectivity index (χ0v) is 8.67. The summed E-state index contributed by atoms with van der Waals surface area (Å²) < 4.78 is 0. The molecule has 1 amide bonds. The Morgan fingerprint density at radius 2 is 2.07 bits per heavy atom. The zero-order chi connectivity index (χ0) is 11.2. The second-order valence-electron chi connectivity index (χ2n) is 3.47. The van der Waals surface area contributed by atoms with Gasteiger partial charge in [0.15, 0.2) is 0 Å². The molecule has 0 radical (unpaired) electrons. The average Bonchev–Trinajstić information content (AvgIpc) is 2.04. The fraction of sp³-hybridized carbons (Fsp3) is 0.778. The molecule has 5 heteroatoms. The normalized spacial score (nSPS) is 14.5. The summed E-state index contributed by atoms with van der Waals surface area (Å²) in [6.45, 7) is 3.61. The molecule has 0 fully saturated rings. The second kappa shape index (κ2) is 5.59. The quantitative estimate of drug-likeness (QED) is 0.569. The molecule has 0 aliphatic carbocycles. The lowest BCUT2D eigenvalue weighted by Gasteiger charge is -2.25. The molecule has 0 bridgehead atoms. The highest BCUT2D eigenvalue weighted by Gasteiger charge is 2.33. The summed E-state index contributed by atoms with van der Waals surface area (Å²) in [5.41, 5.74) is 4.02. The molecular weight excluding hydrogens is 184 g/mol. The van der Waals surface area contributed by atoms with E-state index >= 15 is 0 Å². The van der Waals surface area contributed by atoms with E-state index in [0.717, 1.165) is 0 Å². The molecule has 0 saturated carbocycles. The molecule has 0 saturated heterocycles. The molecule has 1 atom stereocenters. The molecule has 0 heterocycles. The van der Waals surface area contributed by atoms with Gasteiger partial charge in [-0.2, -0.15) is 0 Å². The van der Waals surface area contributed by atoms with Crippen molar-refractivity contribution in [3.8, 4) is 0 Å². The van der Waals surface area contributed by atoms with Crippen molar-refractivity contribution in [1.82, 2.24) is 5.32 Å². The molecule has 0 aromatic rings. The van der Waals surface area contributed by atoms with Crippen molar-refractivity contribution in [3.05, 3.63) is 0 Å². The third kappa shape index (κ3) is 3.74. The van der Waals surface area contributed by atoms with Crippen LogP contribution < -0.4 is 11.1 Å². The highest BCUT2D eigenvalue weighted by molar-refractivity contribution is 5.86. The number of hydrogen-bond acceptors (Lipinski definition) is 3. The van der Waals surface area contributed by atoms with Crippen LogP contribution >= 0.6 is 0 Å². The van der Waals surface area contributed by atoms with Crippen molar-refractivity contribution in [2.24, 2.45) is 5.73 Å². The van der Waals surface area contributed by atoms with Crippen molar-refractivity contribution in [1.29, 1.82) is 0 Å². The Hall–Kier alpha value is -1.10. The van der Waals surface area contributed by atoms with Gasteiger partial charge in [-0.3, -0.25) is 4.79 Å². The number of carboxylic acids is 1. The first-order chi connectivity index (χ1) is 6.46. The molecule has 5 nitrogen and oxygen atoms in total. The van der Waals surface area contributed by atoms with E-state index in [1.807, 2.05) is 6.92 Å². The number of nitrogens with two attached hydrogens (primary N) is 1. The highest BCUT2D eigenvalue weighted by Crippen LogP contribution is 2.12. The minimum atomic E-state index is -1.17. The fourth-order valence-corrected chi connectivity index (χ4v) is 1.22. The van der Waals surface area contributed by atoms with Crippen LogP contribution in [-0.4, -0.2) is 29.1 Å². The third-order valence-electron chi connectivity index (χ3n) is 2.01. The van der Waals surface area contributed by atoms with Crippen molar-refractivity contribution in [2.75, 3.05) is 6.54 Å². The van der Waals surface area contributed by atoms with E-state index < -0.39 is 11.5 Å². The van der Waals surface area contributed by atoms with Crippen molar-refractivity contribution < 1.29 is 14.7 Å². The largest absolute Gasteiger partial charge is 0.480 e. The van der Waals surface area contributed by atoms with E-state index in [-0.39, 0.29) is 18.9 Å². The minimum absolute atomic E-state index is 0.159. The summed E-state index contributed by atoms with van der Waals surface area (Å²) in [5, 5.41) is 11.4. The monoisotopic (exact) mass is 202 g/mol. The summed E-state index contributed by atoms with van der Waals surface area (Å²) in [6, 6.07) is 0. The molecule has 82 valence electrons. The van der Waals surface area contributed by atoms with Crippen molar-refractivity contribution in [2.45, 2.75) is 38.6 Å². The van der Waals surface area contributed by atoms with Crippen LogP contribution in [0.4, 0.5) is 0 Å². The van der Waals surface area contributed by atoms with Gasteiger partial charge < -0.3 is 16.2 Å². The first kappa shape index (κ1) is 12.9. The second-order valence-corrected chi connectivity index (χ2v) is 3.47. The Morgan fingerprint density at radius 1 is 1.50 bits per heavy atom. The summed E-state index contributed by atoms with van der Waals surface area (Å²) in [6.07, 6.45) is 1.27. The molecule has 0 aliphatic rings. The molecule has 0 rings (SSSR count). The number of amides is 1. The Labute approximate surface area is 83.7 Å². The SMILES string of the molecule is CCCC(C)(NC(=O)CCN)C(=O)O. The number of hydrogen-bond donors (Lipinski definition) is 3. The van der Waals surface area contributed by atoms with Crippen molar-refractivity contribution in [3.63, 3.8) is 0 Å². The van der Waals surface area contributed by atoms with E-state index in [4.69, 9.17) is 10.8 Å². The van der Waals surface area contributed by atoms with Gasteiger partial charge in [0.25, 0.3) is 0 Å². The average molecular weight is 202 g/mol. The smallest absolute Gasteiger partial charge is 0.329 e. The zero-order valence-electron chi connectivity index (χ0n) is 8.67. The maximum atomic E-state index is 11.2. The Bertz CT molecular complexity index is 218. The lowest BCUT2D eigenvalue weighted by Crippen LogP contribution is -2.52. The first-order valence-corrected chi connectivity index (χ1v) is 4.70. The standard InChI is InChI=1S/C9H18N2O3/c1-3-5-9(2,8(13)14)11-7(12)4-6-10/h3-6,10H2,1-2H3,(H,11,12)(H,13,14). The van der Waals surface area contributed by atoms with Crippen LogP contribution in [0.1, 0.15) is 33.1 Å². The predicted octanol–water partition coefficient (Wildman–Crippen LogP) is 0.0948. The maximum absolute atomic E-state index is 11.2. The van der Waals surface area contributed by atoms with Crippen LogP contribution in [-0.2, 0) is 9.59 Å². The Balaban J connectivity index is 4.36. The van der Waals surface area contributed by atoms with Crippen LogP contribution in [0, 0.1) is 0 Å². The van der Waals surface area contributed by atoms with E-state index in [0.29, 0.717) is 12.8 Å². The molecular formula is C9H18N2O3. The summed E-state index contributed by atoms with van der Waals surface area (Å²) in [5.74, 6) is -1.32. The fourth-order valence-electron chi connectivity index (χ4n) is 1.22. The maximum Gasteiger partial charge on any atom is 0.329 e. The Kier molecular flexibility index (Phi) is 5.15. The van der Waals surface area contributed by atoms with Gasteiger partial charge in [-0.25, -0.2) is 4.79 Å². The molecule has 0 aromatic carbocycles. The van der Waals surface area contributed by atoms with Gasteiger partial charge in [0, 0.05) is 13.0 Å². The highest BCUT2D eigenvalue weighted by atomic mass is 16.4. The van der Waals surface area contributed by atoms with Crippen LogP contribution in [0.5, 0.6) is 0 Å². The summed E-state index contributed by atoms with van der Waals surface area (Å²) in [7, 11) is 0. The molecule has 0 aromatic heterocycles. The number of aliphatic carboxylic acids is 1. The minimum Gasteiger partial charge on any atom is -0.480 e. The molecule has 1 unspecified atom stereocenters. The van der Waals surface area contributed by atoms with E-state index in [1.54, 1.807) is 0 Å². The molecule has 14 heavy (non-hydrogen) atoms. The lowest BCUT2D eigenvalue weighted by atomic mass is 9.96. The van der Waals surface area contributed by atoms with Crippen molar-refractivity contribution >= 4 is 11.9 Å². The number of rotatable bonds is 6. The molecule has 0 spiro atoms. The van der Waals surface area contributed by atoms with Crippen LogP contribution in [0.15, 0.2) is 0 Å². The lowest BCUT2D eigenvalue weighted by molar-refractivity contribution is -0.147. The summed E-state index contributed by atoms with van der Waals surface area (Å²) in [4.78, 5) is 22.1. The Morgan fingerprint density at radius 3 is 2.43 bits per heavy atom. The van der Waals surface area contributed by atoms with Gasteiger partial charge in [-0.05, 0) is 13.3 Å². The van der Waals surface area contributed by atoms with Gasteiger partial charge in [0.2, 0.25) is 5.91 Å². The van der Waals surface area contributed by atoms with Crippen LogP contribution in [0.2, 0.25) is 0 Å². The van der Waals surface area contributed by atoms with Gasteiger partial charge in [-0.15, -0.1) is 0 Å². The van der Waals surface area contributed by atoms with Crippen LogP contribution in [0.3, 0.4) is 0 Å². The van der Waals surface area contributed by atoms with E-state index in [2.05, 4.69) is 5.32 Å². The van der Waals surface area contributed by atoms with Crippen LogP contribution in [0.25, 0.3) is 0 Å². The van der Waals surface area contributed by atoms with Gasteiger partial charge in [0.1, 0.15) is 5.54 Å². The number of carbonyl (C=O) groups is 2. The molecule has 4 N–H and O–H groups in total. The number of carboxylic acid groups (broad SMARTS) is 1. The summed E-state index contributed by atoms with van der Waals surface area (Å²) >= 11 is 0. The predicted molar refractivity (Wildman–Crippen MR) is 52.8 cm³/mol. The third-order valence-corrected chi connectivity index (χ3v) is 2.01. The number of carbonyl (C=O) groups excluding carboxylic acids is 1. The van der Waals surface area contributed by atoms with Gasteiger partial charge in [-0.1, -0.05) is 13.3 Å². The van der Waals surface area contributed by atoms with E-state index in [9.17, 15) is 9.59 Å². The molecule has 0 aliphatic heterocycles. The van der Waals surface area contributed by atoms with Gasteiger partial charge in [0.05, 0.1) is 0 Å².